The highest BCUT2D eigenvalue weighted by atomic mass is 16.5. The van der Waals surface area contributed by atoms with Gasteiger partial charge in [0.1, 0.15) is 29.2 Å². The van der Waals surface area contributed by atoms with Crippen LogP contribution in [0, 0.1) is 0 Å². The third-order valence-electron chi connectivity index (χ3n) is 12.3. The number of alkyl carbamates (subject to hydrolysis) is 2. The summed E-state index contributed by atoms with van der Waals surface area (Å²) in [5.74, 6) is 1.05. The zero-order valence-electron chi connectivity index (χ0n) is 34.7. The van der Waals surface area contributed by atoms with Crippen molar-refractivity contribution in [3.05, 3.63) is 114 Å². The molecule has 5 heterocycles. The maximum absolute atomic E-state index is 14.0. The number of ether oxygens (including phenoxy) is 2. The first-order valence-corrected chi connectivity index (χ1v) is 21.2. The van der Waals surface area contributed by atoms with Crippen molar-refractivity contribution in [2.75, 3.05) is 27.3 Å². The molecule has 4 amide bonds. The van der Waals surface area contributed by atoms with Crippen LogP contribution >= 0.6 is 0 Å². The van der Waals surface area contributed by atoms with E-state index in [-0.39, 0.29) is 23.9 Å². The summed E-state index contributed by atoms with van der Waals surface area (Å²) in [4.78, 5) is 77.6. The van der Waals surface area contributed by atoms with Crippen LogP contribution in [-0.4, -0.2) is 98.1 Å². The number of amides is 4. The van der Waals surface area contributed by atoms with Gasteiger partial charge in [0, 0.05) is 24.2 Å². The van der Waals surface area contributed by atoms with Gasteiger partial charge in [-0.2, -0.15) is 0 Å². The molecule has 5 aromatic rings. The van der Waals surface area contributed by atoms with Gasteiger partial charge in [0.15, 0.2) is 0 Å². The SMILES string of the molecule is COC(=O)N[C@@H](C(=O)N1CCC[C@H]1c1ncc(-c2ccc3cc(-c4cc5[nH]c([C@@H]6CCCN6C(=O)[C@H](NC(=O)OC)C6=CCC=CC6)nc5cn4)ccc3c2)[nH]1)C1=CCC=CC1. The van der Waals surface area contributed by atoms with E-state index in [0.717, 1.165) is 75.6 Å². The number of fused-ring (bicyclic) bond motifs is 2. The van der Waals surface area contributed by atoms with Gasteiger partial charge in [-0.1, -0.05) is 60.7 Å². The molecule has 15 nitrogen and oxygen atoms in total. The van der Waals surface area contributed by atoms with Gasteiger partial charge in [-0.05, 0) is 91.5 Å². The number of hydrogen-bond acceptors (Lipinski definition) is 9. The quantitative estimate of drug-likeness (QED) is 0.103. The minimum atomic E-state index is -0.814. The van der Waals surface area contributed by atoms with Crippen molar-refractivity contribution >= 4 is 45.8 Å². The fraction of sp³-hybridized carbons (Fsp3) is 0.340. The number of aromatic amines is 2. The molecule has 2 aromatic carbocycles. The first-order valence-electron chi connectivity index (χ1n) is 21.2. The molecule has 318 valence electrons. The van der Waals surface area contributed by atoms with Crippen LogP contribution in [0.1, 0.15) is 75.1 Å². The molecule has 0 bridgehead atoms. The van der Waals surface area contributed by atoms with Crippen LogP contribution in [0.15, 0.2) is 102 Å². The topological polar surface area (TPSA) is 188 Å². The summed E-state index contributed by atoms with van der Waals surface area (Å²) >= 11 is 0. The molecular weight excluding hydrogens is 787 g/mol. The standard InChI is InChI=1S/C47H49N9O6/c1-61-46(59)53-40(28-11-5-3-6-12-28)44(57)55-21-9-15-38(55)42-49-26-36(51-42)33-20-18-30-23-32(19-17-31(30)24-33)34-25-35-37(27-48-34)52-43(50-35)39-16-10-22-56(39)45(58)41(54-47(60)62-2)29-13-7-4-8-14-29/h3-5,7,12,14,17-20,23-27,38-41H,6,8-11,13,15-16,21-22H2,1-2H3,(H,49,51)(H,50,52)(H,53,59)(H,54,60)/t38-,39-,40+,41+/m0/s1. The zero-order chi connectivity index (χ0) is 42.7. The lowest BCUT2D eigenvalue weighted by Crippen LogP contribution is -2.49. The Morgan fingerprint density at radius 3 is 1.85 bits per heavy atom. The van der Waals surface area contributed by atoms with Crippen LogP contribution in [0.3, 0.4) is 0 Å². The molecule has 2 saturated heterocycles. The van der Waals surface area contributed by atoms with Crippen molar-refractivity contribution in [3.8, 4) is 22.5 Å². The van der Waals surface area contributed by atoms with Gasteiger partial charge < -0.3 is 39.9 Å². The van der Waals surface area contributed by atoms with Crippen LogP contribution in [0.2, 0.25) is 0 Å². The predicted octanol–water partition coefficient (Wildman–Crippen LogP) is 7.50. The fourth-order valence-electron chi connectivity index (χ4n) is 9.12. The van der Waals surface area contributed by atoms with Crippen molar-refractivity contribution in [1.29, 1.82) is 0 Å². The van der Waals surface area contributed by atoms with Gasteiger partial charge in [-0.15, -0.1) is 0 Å². The van der Waals surface area contributed by atoms with Gasteiger partial charge >= 0.3 is 12.2 Å². The summed E-state index contributed by atoms with van der Waals surface area (Å²) in [6.45, 7) is 1.13. The number of carbonyl (C=O) groups is 4. The molecule has 0 radical (unpaired) electrons. The number of H-pyrrole nitrogens is 2. The molecule has 0 unspecified atom stereocenters. The number of nitrogens with one attached hydrogen (secondary N) is 4. The molecular formula is C47H49N9O6. The summed E-state index contributed by atoms with van der Waals surface area (Å²) in [6, 6.07) is 12.3. The molecule has 9 rings (SSSR count). The predicted molar refractivity (Wildman–Crippen MR) is 233 cm³/mol. The molecule has 62 heavy (non-hydrogen) atoms. The molecule has 4 aliphatic rings. The highest BCUT2D eigenvalue weighted by Gasteiger charge is 2.39. The molecule has 2 aliphatic heterocycles. The Morgan fingerprint density at radius 1 is 0.694 bits per heavy atom. The van der Waals surface area contributed by atoms with Crippen LogP contribution in [0.25, 0.3) is 44.3 Å². The second kappa shape index (κ2) is 17.5. The fourth-order valence-corrected chi connectivity index (χ4v) is 9.12. The first-order chi connectivity index (χ1) is 30.3. The van der Waals surface area contributed by atoms with Crippen LogP contribution < -0.4 is 10.6 Å². The molecule has 2 fully saturated rings. The number of aromatic nitrogens is 5. The molecule has 0 spiro atoms. The number of carbonyl (C=O) groups excluding carboxylic acids is 4. The van der Waals surface area contributed by atoms with Crippen LogP contribution in [-0.2, 0) is 19.1 Å². The number of rotatable bonds is 10. The van der Waals surface area contributed by atoms with E-state index in [1.807, 2.05) is 58.5 Å². The lowest BCUT2D eigenvalue weighted by molar-refractivity contribution is -0.134. The Labute approximate surface area is 358 Å². The number of allylic oxidation sites excluding steroid dienone is 6. The molecule has 4 atom stereocenters. The smallest absolute Gasteiger partial charge is 0.407 e. The number of imidazole rings is 2. The lowest BCUT2D eigenvalue weighted by atomic mass is 9.97. The summed E-state index contributed by atoms with van der Waals surface area (Å²) in [6.07, 6.45) is 20.1. The third kappa shape index (κ3) is 8.09. The Morgan fingerprint density at radius 2 is 1.27 bits per heavy atom. The molecule has 15 heteroatoms. The van der Waals surface area contributed by atoms with Crippen molar-refractivity contribution < 1.29 is 28.7 Å². The minimum Gasteiger partial charge on any atom is -0.453 e. The summed E-state index contributed by atoms with van der Waals surface area (Å²) in [5.41, 5.74) is 6.77. The second-order valence-electron chi connectivity index (χ2n) is 16.1. The number of benzene rings is 2. The first kappa shape index (κ1) is 40.4. The molecule has 4 N–H and O–H groups in total. The van der Waals surface area contributed by atoms with E-state index >= 15 is 0 Å². The minimum absolute atomic E-state index is 0.168. The Hall–Kier alpha value is -7.03. The number of methoxy groups -OCH3 is 2. The van der Waals surface area contributed by atoms with Crippen LogP contribution in [0.5, 0.6) is 0 Å². The van der Waals surface area contributed by atoms with Crippen molar-refractivity contribution in [2.45, 2.75) is 75.5 Å². The van der Waals surface area contributed by atoms with E-state index in [1.54, 1.807) is 6.20 Å². The number of pyridine rings is 1. The molecule has 3 aromatic heterocycles. The van der Waals surface area contributed by atoms with Gasteiger partial charge in [0.25, 0.3) is 0 Å². The van der Waals surface area contributed by atoms with Gasteiger partial charge in [0.2, 0.25) is 11.8 Å². The maximum Gasteiger partial charge on any atom is 0.407 e. The van der Waals surface area contributed by atoms with Gasteiger partial charge in [-0.3, -0.25) is 14.6 Å². The van der Waals surface area contributed by atoms with E-state index in [0.29, 0.717) is 55.9 Å². The van der Waals surface area contributed by atoms with E-state index in [9.17, 15) is 19.2 Å². The normalized spacial score (nSPS) is 19.6. The average molecular weight is 836 g/mol. The average Bonchev–Trinajstić information content (AvgIpc) is 4.16. The summed E-state index contributed by atoms with van der Waals surface area (Å²) < 4.78 is 9.73. The van der Waals surface area contributed by atoms with Crippen LogP contribution in [0.4, 0.5) is 9.59 Å². The van der Waals surface area contributed by atoms with E-state index in [1.165, 1.54) is 14.2 Å². The van der Waals surface area contributed by atoms with E-state index < -0.39 is 24.3 Å². The van der Waals surface area contributed by atoms with Gasteiger partial charge in [0.05, 0.1) is 55.6 Å². The van der Waals surface area contributed by atoms with Crippen molar-refractivity contribution in [3.63, 3.8) is 0 Å². The molecule has 2 aliphatic carbocycles. The Balaban J connectivity index is 0.908. The van der Waals surface area contributed by atoms with Crippen molar-refractivity contribution in [2.24, 2.45) is 0 Å². The Kier molecular flexibility index (Phi) is 11.4. The van der Waals surface area contributed by atoms with E-state index in [2.05, 4.69) is 57.0 Å². The van der Waals surface area contributed by atoms with Crippen molar-refractivity contribution in [1.82, 2.24) is 45.4 Å². The third-order valence-corrected chi connectivity index (χ3v) is 12.3. The van der Waals surface area contributed by atoms with Gasteiger partial charge in [-0.25, -0.2) is 19.6 Å². The largest absolute Gasteiger partial charge is 0.453 e. The van der Waals surface area contributed by atoms with E-state index in [4.69, 9.17) is 24.4 Å². The monoisotopic (exact) mass is 835 g/mol. The highest BCUT2D eigenvalue weighted by molar-refractivity contribution is 5.92. The number of nitrogens with zero attached hydrogens (tertiary/aromatic N) is 5. The number of likely N-dealkylation sites (tertiary alicyclic amines) is 2. The lowest BCUT2D eigenvalue weighted by Gasteiger charge is -2.29. The highest BCUT2D eigenvalue weighted by Crippen LogP contribution is 2.36. The number of hydrogen-bond donors (Lipinski definition) is 4. The summed E-state index contributed by atoms with van der Waals surface area (Å²) in [7, 11) is 2.59. The second-order valence-corrected chi connectivity index (χ2v) is 16.1. The zero-order valence-corrected chi connectivity index (χ0v) is 34.7. The summed E-state index contributed by atoms with van der Waals surface area (Å²) in [5, 5.41) is 7.62. The molecule has 0 saturated carbocycles. The maximum atomic E-state index is 14.0. The Bertz CT molecular complexity index is 2680.